The van der Waals surface area contributed by atoms with Gasteiger partial charge in [-0.3, -0.25) is 9.78 Å². The minimum Gasteiger partial charge on any atom is -0.487 e. The molecule has 0 fully saturated rings. The van der Waals surface area contributed by atoms with Gasteiger partial charge >= 0.3 is 6.18 Å². The Morgan fingerprint density at radius 3 is 2.64 bits per heavy atom. The van der Waals surface area contributed by atoms with Crippen LogP contribution in [0.3, 0.4) is 0 Å². The molecule has 0 saturated carbocycles. The average Bonchev–Trinajstić information content (AvgIpc) is 2.67. The number of benzene rings is 2. The number of anilines is 1. The lowest BCUT2D eigenvalue weighted by Gasteiger charge is -2.12. The van der Waals surface area contributed by atoms with Gasteiger partial charge in [-0.2, -0.15) is 13.2 Å². The first-order valence-electron chi connectivity index (χ1n) is 7.99. The number of halogens is 4. The SMILES string of the molecule is O=C(Nc1ccc(OCc2cccc(C(F)(F)F)c2)c(Cl)c1)c1cnccn1. The molecule has 0 spiro atoms. The van der Waals surface area contributed by atoms with Crippen molar-refractivity contribution in [1.29, 1.82) is 0 Å². The van der Waals surface area contributed by atoms with E-state index in [1.54, 1.807) is 6.07 Å². The zero-order valence-electron chi connectivity index (χ0n) is 14.2. The Kier molecular flexibility index (Phi) is 5.79. The number of hydrogen-bond acceptors (Lipinski definition) is 4. The summed E-state index contributed by atoms with van der Waals surface area (Å²) in [7, 11) is 0. The highest BCUT2D eigenvalue weighted by Gasteiger charge is 2.30. The Labute approximate surface area is 163 Å². The molecule has 1 aromatic heterocycles. The van der Waals surface area contributed by atoms with E-state index in [1.807, 2.05) is 0 Å². The second kappa shape index (κ2) is 8.26. The lowest BCUT2D eigenvalue weighted by molar-refractivity contribution is -0.137. The summed E-state index contributed by atoms with van der Waals surface area (Å²) in [6.07, 6.45) is -0.253. The summed E-state index contributed by atoms with van der Waals surface area (Å²) in [5.41, 5.74) is 0.156. The van der Waals surface area contributed by atoms with Crippen LogP contribution in [0.1, 0.15) is 21.6 Å². The molecule has 0 aliphatic carbocycles. The molecule has 5 nitrogen and oxygen atoms in total. The van der Waals surface area contributed by atoms with Gasteiger partial charge in [0.2, 0.25) is 0 Å². The zero-order valence-corrected chi connectivity index (χ0v) is 15.0. The number of ether oxygens (including phenoxy) is 1. The fourth-order valence-electron chi connectivity index (χ4n) is 2.31. The molecule has 144 valence electrons. The van der Waals surface area contributed by atoms with Crippen molar-refractivity contribution >= 4 is 23.2 Å². The van der Waals surface area contributed by atoms with Gasteiger partial charge in [0.1, 0.15) is 18.1 Å². The van der Waals surface area contributed by atoms with Crippen molar-refractivity contribution in [3.05, 3.63) is 82.9 Å². The highest BCUT2D eigenvalue weighted by atomic mass is 35.5. The van der Waals surface area contributed by atoms with Crippen LogP contribution >= 0.6 is 11.6 Å². The molecule has 0 radical (unpaired) electrons. The Morgan fingerprint density at radius 2 is 1.96 bits per heavy atom. The Balaban J connectivity index is 1.66. The molecule has 0 saturated heterocycles. The van der Waals surface area contributed by atoms with Crippen LogP contribution in [0.2, 0.25) is 5.02 Å². The van der Waals surface area contributed by atoms with Gasteiger partial charge in [0, 0.05) is 18.1 Å². The molecule has 0 aliphatic heterocycles. The topological polar surface area (TPSA) is 64.1 Å². The lowest BCUT2D eigenvalue weighted by Crippen LogP contribution is -2.13. The van der Waals surface area contributed by atoms with Crippen LogP contribution in [0, 0.1) is 0 Å². The zero-order chi connectivity index (χ0) is 20.1. The molecule has 28 heavy (non-hydrogen) atoms. The molecule has 0 unspecified atom stereocenters. The van der Waals surface area contributed by atoms with Gasteiger partial charge in [-0.05, 0) is 35.9 Å². The van der Waals surface area contributed by atoms with E-state index in [1.165, 1.54) is 42.9 Å². The lowest BCUT2D eigenvalue weighted by atomic mass is 10.1. The van der Waals surface area contributed by atoms with E-state index in [0.717, 1.165) is 12.1 Å². The van der Waals surface area contributed by atoms with Crippen LogP contribution < -0.4 is 10.1 Å². The van der Waals surface area contributed by atoms with E-state index in [-0.39, 0.29) is 23.1 Å². The number of aromatic nitrogens is 2. The van der Waals surface area contributed by atoms with Gasteiger partial charge in [0.25, 0.3) is 5.91 Å². The number of amides is 1. The normalized spacial score (nSPS) is 11.1. The first-order chi connectivity index (χ1) is 13.3. The molecular formula is C19H13ClF3N3O2. The highest BCUT2D eigenvalue weighted by Crippen LogP contribution is 2.31. The van der Waals surface area contributed by atoms with Crippen molar-refractivity contribution in [2.75, 3.05) is 5.32 Å². The molecule has 1 N–H and O–H groups in total. The van der Waals surface area contributed by atoms with E-state index in [2.05, 4.69) is 15.3 Å². The van der Waals surface area contributed by atoms with Crippen LogP contribution in [0.25, 0.3) is 0 Å². The number of hydrogen-bond donors (Lipinski definition) is 1. The van der Waals surface area contributed by atoms with Crippen molar-refractivity contribution in [2.45, 2.75) is 12.8 Å². The maximum Gasteiger partial charge on any atom is 0.416 e. The molecule has 3 aromatic rings. The average molecular weight is 408 g/mol. The quantitative estimate of drug-likeness (QED) is 0.648. The summed E-state index contributed by atoms with van der Waals surface area (Å²) in [5, 5.41) is 2.82. The molecule has 0 atom stereocenters. The minimum atomic E-state index is -4.42. The van der Waals surface area contributed by atoms with Gasteiger partial charge in [-0.25, -0.2) is 4.98 Å². The largest absolute Gasteiger partial charge is 0.487 e. The van der Waals surface area contributed by atoms with Gasteiger partial charge in [0.15, 0.2) is 0 Å². The van der Waals surface area contributed by atoms with Crippen molar-refractivity contribution in [1.82, 2.24) is 9.97 Å². The van der Waals surface area contributed by atoms with Crippen molar-refractivity contribution in [3.63, 3.8) is 0 Å². The highest BCUT2D eigenvalue weighted by molar-refractivity contribution is 6.32. The molecular weight excluding hydrogens is 395 g/mol. The number of carbonyl (C=O) groups is 1. The standard InChI is InChI=1S/C19H13ClF3N3O2/c20-15-9-14(26-18(27)16-10-24-6-7-25-16)4-5-17(15)28-11-12-2-1-3-13(8-12)19(21,22)23/h1-10H,11H2,(H,26,27). The maximum atomic E-state index is 12.8. The fraction of sp³-hybridized carbons (Fsp3) is 0.105. The third-order valence-electron chi connectivity index (χ3n) is 3.63. The molecule has 1 heterocycles. The fourth-order valence-corrected chi connectivity index (χ4v) is 2.54. The summed E-state index contributed by atoms with van der Waals surface area (Å²) in [6.45, 7) is -0.0883. The number of rotatable bonds is 5. The van der Waals surface area contributed by atoms with E-state index in [0.29, 0.717) is 11.3 Å². The Bertz CT molecular complexity index is 982. The van der Waals surface area contributed by atoms with Gasteiger partial charge in [-0.15, -0.1) is 0 Å². The monoisotopic (exact) mass is 407 g/mol. The first kappa shape index (κ1) is 19.6. The smallest absolute Gasteiger partial charge is 0.416 e. The van der Waals surface area contributed by atoms with E-state index in [4.69, 9.17) is 16.3 Å². The van der Waals surface area contributed by atoms with E-state index >= 15 is 0 Å². The van der Waals surface area contributed by atoms with Crippen LogP contribution in [0.15, 0.2) is 61.1 Å². The molecule has 2 aromatic carbocycles. The van der Waals surface area contributed by atoms with Crippen LogP contribution in [-0.2, 0) is 12.8 Å². The van der Waals surface area contributed by atoms with E-state index < -0.39 is 17.6 Å². The van der Waals surface area contributed by atoms with Crippen molar-refractivity contribution < 1.29 is 22.7 Å². The van der Waals surface area contributed by atoms with Crippen LogP contribution in [0.4, 0.5) is 18.9 Å². The summed E-state index contributed by atoms with van der Waals surface area (Å²) < 4.78 is 43.8. The summed E-state index contributed by atoms with van der Waals surface area (Å²) in [6, 6.07) is 9.39. The molecule has 1 amide bonds. The summed E-state index contributed by atoms with van der Waals surface area (Å²) >= 11 is 6.14. The van der Waals surface area contributed by atoms with Crippen molar-refractivity contribution in [2.24, 2.45) is 0 Å². The van der Waals surface area contributed by atoms with Gasteiger partial charge in [-0.1, -0.05) is 23.7 Å². The third-order valence-corrected chi connectivity index (χ3v) is 3.93. The number of alkyl halides is 3. The Morgan fingerprint density at radius 1 is 1.14 bits per heavy atom. The third kappa shape index (κ3) is 4.98. The molecule has 0 aliphatic rings. The second-order valence-corrected chi connectivity index (χ2v) is 6.08. The predicted molar refractivity (Wildman–Crippen MR) is 97.2 cm³/mol. The predicted octanol–water partition coefficient (Wildman–Crippen LogP) is 4.98. The second-order valence-electron chi connectivity index (χ2n) is 5.68. The maximum absolute atomic E-state index is 12.8. The Hall–Kier alpha value is -3.13. The number of nitrogens with zero attached hydrogens (tertiary/aromatic N) is 2. The van der Waals surface area contributed by atoms with Gasteiger partial charge < -0.3 is 10.1 Å². The number of carbonyl (C=O) groups excluding carboxylic acids is 1. The van der Waals surface area contributed by atoms with E-state index in [9.17, 15) is 18.0 Å². The summed E-state index contributed by atoms with van der Waals surface area (Å²) in [5.74, 6) is -0.182. The van der Waals surface area contributed by atoms with Crippen LogP contribution in [0.5, 0.6) is 5.75 Å². The van der Waals surface area contributed by atoms with Gasteiger partial charge in [0.05, 0.1) is 16.8 Å². The molecule has 3 rings (SSSR count). The van der Waals surface area contributed by atoms with Crippen molar-refractivity contribution in [3.8, 4) is 5.75 Å². The molecule has 9 heteroatoms. The minimum absolute atomic E-state index is 0.0883. The molecule has 0 bridgehead atoms. The summed E-state index contributed by atoms with van der Waals surface area (Å²) in [4.78, 5) is 19.8. The van der Waals surface area contributed by atoms with Crippen LogP contribution in [-0.4, -0.2) is 15.9 Å². The first-order valence-corrected chi connectivity index (χ1v) is 8.36. The number of nitrogens with one attached hydrogen (secondary N) is 1.